The first-order chi connectivity index (χ1) is 8.40. The van der Waals surface area contributed by atoms with Gasteiger partial charge >= 0.3 is 5.97 Å². The van der Waals surface area contributed by atoms with E-state index >= 15 is 0 Å². The van der Waals surface area contributed by atoms with Gasteiger partial charge in [0.05, 0.1) is 7.11 Å². The molecule has 0 radical (unpaired) electrons. The Hall–Kier alpha value is -0.570. The third-order valence-corrected chi connectivity index (χ3v) is 4.19. The normalized spacial score (nSPS) is 23.1. The van der Waals surface area contributed by atoms with Gasteiger partial charge in [0, 0.05) is 6.54 Å². The van der Waals surface area contributed by atoms with E-state index in [4.69, 9.17) is 4.74 Å². The van der Waals surface area contributed by atoms with Crippen molar-refractivity contribution in [3.05, 3.63) is 0 Å². The molecular formula is C15H29NO2. The van der Waals surface area contributed by atoms with Crippen molar-refractivity contribution in [1.82, 2.24) is 4.90 Å². The Kier molecular flexibility index (Phi) is 5.64. The fraction of sp³-hybridized carbons (Fsp3) is 0.933. The number of ether oxygens (including phenoxy) is 1. The van der Waals surface area contributed by atoms with E-state index in [1.807, 2.05) is 0 Å². The molecule has 1 fully saturated rings. The van der Waals surface area contributed by atoms with Crippen molar-refractivity contribution in [2.24, 2.45) is 11.3 Å². The number of esters is 1. The van der Waals surface area contributed by atoms with E-state index in [-0.39, 0.29) is 12.0 Å². The van der Waals surface area contributed by atoms with E-state index in [1.165, 1.54) is 13.5 Å². The zero-order valence-corrected chi connectivity index (χ0v) is 12.7. The fourth-order valence-electron chi connectivity index (χ4n) is 2.76. The fourth-order valence-corrected chi connectivity index (χ4v) is 2.76. The number of carbonyl (C=O) groups excluding carboxylic acids is 1. The van der Waals surface area contributed by atoms with Gasteiger partial charge in [-0.1, -0.05) is 40.5 Å². The average Bonchev–Trinajstić information content (AvgIpc) is 2.78. The second-order valence-corrected chi connectivity index (χ2v) is 6.53. The van der Waals surface area contributed by atoms with Crippen LogP contribution < -0.4 is 0 Å². The summed E-state index contributed by atoms with van der Waals surface area (Å²) >= 11 is 0. The van der Waals surface area contributed by atoms with E-state index < -0.39 is 0 Å². The number of carbonyl (C=O) groups is 1. The topological polar surface area (TPSA) is 29.5 Å². The van der Waals surface area contributed by atoms with Gasteiger partial charge in [0.25, 0.3) is 0 Å². The van der Waals surface area contributed by atoms with Crippen LogP contribution in [0.3, 0.4) is 0 Å². The van der Waals surface area contributed by atoms with Crippen LogP contribution in [0.2, 0.25) is 0 Å². The lowest BCUT2D eigenvalue weighted by atomic mass is 9.80. The first-order valence-electron chi connectivity index (χ1n) is 7.22. The van der Waals surface area contributed by atoms with Crippen LogP contribution in [0, 0.1) is 11.3 Å². The van der Waals surface area contributed by atoms with Gasteiger partial charge in [-0.2, -0.15) is 0 Å². The van der Waals surface area contributed by atoms with Crippen LogP contribution in [0.4, 0.5) is 0 Å². The molecule has 0 aromatic rings. The lowest BCUT2D eigenvalue weighted by Crippen LogP contribution is -2.41. The van der Waals surface area contributed by atoms with Crippen molar-refractivity contribution in [2.45, 2.75) is 59.4 Å². The van der Waals surface area contributed by atoms with Crippen LogP contribution >= 0.6 is 0 Å². The Morgan fingerprint density at radius 2 is 2.11 bits per heavy atom. The first kappa shape index (κ1) is 15.5. The molecule has 0 aromatic heterocycles. The molecule has 1 rings (SSSR count). The highest BCUT2D eigenvalue weighted by Crippen LogP contribution is 2.34. The monoisotopic (exact) mass is 255 g/mol. The van der Waals surface area contributed by atoms with Crippen LogP contribution in [-0.4, -0.2) is 37.1 Å². The summed E-state index contributed by atoms with van der Waals surface area (Å²) in [5.41, 5.74) is 0.334. The van der Waals surface area contributed by atoms with E-state index in [2.05, 4.69) is 32.6 Å². The van der Waals surface area contributed by atoms with Gasteiger partial charge in [-0.15, -0.1) is 0 Å². The summed E-state index contributed by atoms with van der Waals surface area (Å²) in [7, 11) is 1.50. The molecule has 1 heterocycles. The number of hydrogen-bond donors (Lipinski definition) is 0. The molecule has 1 saturated heterocycles. The van der Waals surface area contributed by atoms with Gasteiger partial charge in [-0.3, -0.25) is 9.69 Å². The minimum absolute atomic E-state index is 0.0256. The average molecular weight is 255 g/mol. The van der Waals surface area contributed by atoms with Crippen LogP contribution in [0.5, 0.6) is 0 Å². The third-order valence-electron chi connectivity index (χ3n) is 4.19. The lowest BCUT2D eigenvalue weighted by molar-refractivity contribution is -0.147. The summed E-state index contributed by atoms with van der Waals surface area (Å²) in [6.45, 7) is 11.1. The number of likely N-dealkylation sites (tertiary alicyclic amines) is 1. The van der Waals surface area contributed by atoms with Crippen LogP contribution in [0.15, 0.2) is 0 Å². The second kappa shape index (κ2) is 6.55. The van der Waals surface area contributed by atoms with E-state index in [1.54, 1.807) is 0 Å². The smallest absolute Gasteiger partial charge is 0.323 e. The molecule has 0 aromatic carbocycles. The molecule has 18 heavy (non-hydrogen) atoms. The Bertz CT molecular complexity index is 270. The Morgan fingerprint density at radius 1 is 1.44 bits per heavy atom. The number of unbranched alkanes of at least 4 members (excludes halogenated alkanes) is 1. The molecule has 0 saturated carbocycles. The standard InChI is InChI=1S/C15H29NO2/c1-6-7-8-13(14(17)18-5)16-10-9-12(11-16)15(2,3)4/h12-13H,6-11H2,1-5H3. The number of methoxy groups -OCH3 is 1. The quantitative estimate of drug-likeness (QED) is 0.707. The molecule has 0 amide bonds. The van der Waals surface area contributed by atoms with E-state index in [9.17, 15) is 4.79 Å². The Balaban J connectivity index is 2.62. The minimum Gasteiger partial charge on any atom is -0.468 e. The third kappa shape index (κ3) is 3.98. The number of rotatable bonds is 5. The van der Waals surface area contributed by atoms with Gasteiger partial charge in [0.2, 0.25) is 0 Å². The summed E-state index contributed by atoms with van der Waals surface area (Å²) < 4.78 is 4.96. The van der Waals surface area contributed by atoms with Gasteiger partial charge in [0.15, 0.2) is 0 Å². The second-order valence-electron chi connectivity index (χ2n) is 6.53. The SMILES string of the molecule is CCCCC(C(=O)OC)N1CCC(C(C)(C)C)C1. The summed E-state index contributed by atoms with van der Waals surface area (Å²) in [4.78, 5) is 14.2. The van der Waals surface area contributed by atoms with Crippen LogP contribution in [0.25, 0.3) is 0 Å². The summed E-state index contributed by atoms with van der Waals surface area (Å²) in [5.74, 6) is 0.629. The molecule has 0 aliphatic carbocycles. The molecule has 0 N–H and O–H groups in total. The molecule has 106 valence electrons. The largest absolute Gasteiger partial charge is 0.468 e. The van der Waals surface area contributed by atoms with E-state index in [0.29, 0.717) is 11.3 Å². The molecule has 2 atom stereocenters. The molecule has 0 bridgehead atoms. The van der Waals surface area contributed by atoms with Crippen molar-refractivity contribution < 1.29 is 9.53 Å². The van der Waals surface area contributed by atoms with Gasteiger partial charge in [0.1, 0.15) is 6.04 Å². The molecule has 3 nitrogen and oxygen atoms in total. The maximum atomic E-state index is 11.9. The van der Waals surface area contributed by atoms with Crippen molar-refractivity contribution >= 4 is 5.97 Å². The molecule has 3 heteroatoms. The Labute approximate surface area is 112 Å². The first-order valence-corrected chi connectivity index (χ1v) is 7.22. The zero-order chi connectivity index (χ0) is 13.8. The van der Waals surface area contributed by atoms with Crippen LogP contribution in [-0.2, 0) is 9.53 Å². The summed E-state index contributed by atoms with van der Waals surface area (Å²) in [6.07, 6.45) is 4.35. The van der Waals surface area contributed by atoms with Gasteiger partial charge in [-0.25, -0.2) is 0 Å². The van der Waals surface area contributed by atoms with Crippen molar-refractivity contribution in [3.63, 3.8) is 0 Å². The minimum atomic E-state index is -0.0574. The molecule has 2 unspecified atom stereocenters. The number of nitrogens with zero attached hydrogens (tertiary/aromatic N) is 1. The lowest BCUT2D eigenvalue weighted by Gasteiger charge is -2.29. The predicted octanol–water partition coefficient (Wildman–Crippen LogP) is 3.09. The van der Waals surface area contributed by atoms with Crippen molar-refractivity contribution in [3.8, 4) is 0 Å². The number of hydrogen-bond acceptors (Lipinski definition) is 3. The highest BCUT2D eigenvalue weighted by molar-refractivity contribution is 5.75. The maximum absolute atomic E-state index is 11.9. The van der Waals surface area contributed by atoms with Gasteiger partial charge < -0.3 is 4.74 Å². The maximum Gasteiger partial charge on any atom is 0.323 e. The van der Waals surface area contributed by atoms with Crippen molar-refractivity contribution in [2.75, 3.05) is 20.2 Å². The Morgan fingerprint density at radius 3 is 2.56 bits per heavy atom. The highest BCUT2D eigenvalue weighted by atomic mass is 16.5. The molecular weight excluding hydrogens is 226 g/mol. The molecule has 0 spiro atoms. The highest BCUT2D eigenvalue weighted by Gasteiger charge is 2.37. The van der Waals surface area contributed by atoms with E-state index in [0.717, 1.165) is 32.4 Å². The zero-order valence-electron chi connectivity index (χ0n) is 12.7. The van der Waals surface area contributed by atoms with Crippen molar-refractivity contribution in [1.29, 1.82) is 0 Å². The molecule has 1 aliphatic rings. The summed E-state index contributed by atoms with van der Waals surface area (Å²) in [6, 6.07) is -0.0256. The van der Waals surface area contributed by atoms with Crippen LogP contribution in [0.1, 0.15) is 53.4 Å². The summed E-state index contributed by atoms with van der Waals surface area (Å²) in [5, 5.41) is 0. The molecule has 1 aliphatic heterocycles. The van der Waals surface area contributed by atoms with Gasteiger partial charge in [-0.05, 0) is 30.7 Å². The predicted molar refractivity (Wildman–Crippen MR) is 74.5 cm³/mol.